The van der Waals surface area contributed by atoms with Crippen molar-refractivity contribution < 1.29 is 33.5 Å². The summed E-state index contributed by atoms with van der Waals surface area (Å²) in [6.07, 6.45) is 0.362. The Morgan fingerprint density at radius 3 is 2.09 bits per heavy atom. The number of benzene rings is 2. The fourth-order valence-electron chi connectivity index (χ4n) is 4.76. The maximum atomic E-state index is 13.2. The molecule has 4 atom stereocenters. The van der Waals surface area contributed by atoms with E-state index in [1.165, 1.54) is 38.1 Å². The van der Waals surface area contributed by atoms with Crippen LogP contribution in [0.15, 0.2) is 57.7 Å². The Bertz CT molecular complexity index is 1650. The van der Waals surface area contributed by atoms with Crippen LogP contribution in [0.25, 0.3) is 11.0 Å². The molecule has 4 unspecified atom stereocenters. The summed E-state index contributed by atoms with van der Waals surface area (Å²) in [4.78, 5) is 76.0. The number of rotatable bonds is 13. The zero-order valence-electron chi connectivity index (χ0n) is 26.7. The Labute approximate surface area is 266 Å². The van der Waals surface area contributed by atoms with E-state index in [1.54, 1.807) is 52.0 Å². The summed E-state index contributed by atoms with van der Waals surface area (Å²) in [6, 6.07) is 8.42. The topological polar surface area (TPSA) is 196 Å². The van der Waals surface area contributed by atoms with Crippen LogP contribution in [0.2, 0.25) is 0 Å². The second-order valence-corrected chi connectivity index (χ2v) is 11.5. The van der Waals surface area contributed by atoms with Gasteiger partial charge < -0.3 is 36.1 Å². The first-order chi connectivity index (χ1) is 21.7. The van der Waals surface area contributed by atoms with Gasteiger partial charge in [0.05, 0.1) is 0 Å². The first-order valence-corrected chi connectivity index (χ1v) is 15.0. The number of aryl methyl sites for hydroxylation is 1. The summed E-state index contributed by atoms with van der Waals surface area (Å²) in [5.41, 5.74) is 1.59. The Morgan fingerprint density at radius 1 is 0.804 bits per heavy atom. The quantitative estimate of drug-likeness (QED) is 0.153. The molecule has 0 fully saturated rings. The first-order valence-electron chi connectivity index (χ1n) is 15.0. The highest BCUT2D eigenvalue weighted by Crippen LogP contribution is 2.21. The molecule has 0 bridgehead atoms. The molecular weight excluding hydrogens is 594 g/mol. The zero-order chi connectivity index (χ0) is 34.1. The lowest BCUT2D eigenvalue weighted by Gasteiger charge is -2.27. The van der Waals surface area contributed by atoms with Crippen molar-refractivity contribution in [1.82, 2.24) is 21.3 Å². The molecule has 5 amide bonds. The van der Waals surface area contributed by atoms with Gasteiger partial charge in [0, 0.05) is 36.6 Å². The lowest BCUT2D eigenvalue weighted by molar-refractivity contribution is -0.134. The predicted molar refractivity (Wildman–Crippen MR) is 172 cm³/mol. The maximum absolute atomic E-state index is 13.2. The van der Waals surface area contributed by atoms with Crippen LogP contribution >= 0.6 is 0 Å². The second kappa shape index (κ2) is 15.7. The van der Waals surface area contributed by atoms with Gasteiger partial charge in [-0.3, -0.25) is 24.0 Å². The Kier molecular flexibility index (Phi) is 12.0. The molecule has 13 heteroatoms. The van der Waals surface area contributed by atoms with Crippen molar-refractivity contribution in [2.45, 2.75) is 78.6 Å². The number of anilines is 1. The first kappa shape index (κ1) is 35.3. The third-order valence-electron chi connectivity index (χ3n) is 7.33. The number of aromatic hydroxyl groups is 1. The zero-order valence-corrected chi connectivity index (χ0v) is 26.7. The molecule has 13 nitrogen and oxygen atoms in total. The number of carbonyl (C=O) groups is 5. The predicted octanol–water partition coefficient (Wildman–Crippen LogP) is 2.03. The average molecular weight is 636 g/mol. The molecule has 46 heavy (non-hydrogen) atoms. The van der Waals surface area contributed by atoms with Crippen LogP contribution in [-0.2, 0) is 30.4 Å². The van der Waals surface area contributed by atoms with Crippen LogP contribution in [0.3, 0.4) is 0 Å². The van der Waals surface area contributed by atoms with Gasteiger partial charge in [-0.05, 0) is 61.6 Å². The molecule has 3 aromatic rings. The third kappa shape index (κ3) is 9.65. The smallest absolute Gasteiger partial charge is 0.336 e. The van der Waals surface area contributed by atoms with Crippen LogP contribution in [0.5, 0.6) is 5.75 Å². The van der Waals surface area contributed by atoms with E-state index in [0.29, 0.717) is 16.8 Å². The molecule has 0 saturated heterocycles. The molecule has 0 aliphatic carbocycles. The van der Waals surface area contributed by atoms with Crippen molar-refractivity contribution in [3.63, 3.8) is 0 Å². The van der Waals surface area contributed by atoms with E-state index >= 15 is 0 Å². The van der Waals surface area contributed by atoms with Crippen molar-refractivity contribution in [2.24, 2.45) is 5.92 Å². The monoisotopic (exact) mass is 635 g/mol. The number of hydrogen-bond donors (Lipinski definition) is 6. The van der Waals surface area contributed by atoms with Crippen LogP contribution in [0.1, 0.15) is 52.2 Å². The minimum Gasteiger partial charge on any atom is -0.508 e. The molecule has 0 aliphatic rings. The summed E-state index contributed by atoms with van der Waals surface area (Å²) in [7, 11) is 0. The fraction of sp³-hybridized carbons (Fsp3) is 0.394. The average Bonchev–Trinajstić information content (AvgIpc) is 2.98. The molecule has 6 N–H and O–H groups in total. The molecule has 0 aliphatic heterocycles. The SMILES string of the molecule is CCC(NC(=O)C(C)NC(=O)C(NC(=O)C(Cc1ccc(O)cc1)NC(C)=O)C(C)C)C(=O)Nc1ccc2c(C)cc(=O)oc2c1. The second-order valence-electron chi connectivity index (χ2n) is 11.5. The van der Waals surface area contributed by atoms with Crippen LogP contribution in [-0.4, -0.2) is 58.8 Å². The largest absolute Gasteiger partial charge is 0.508 e. The van der Waals surface area contributed by atoms with Gasteiger partial charge in [-0.25, -0.2) is 4.79 Å². The van der Waals surface area contributed by atoms with Crippen LogP contribution < -0.4 is 32.2 Å². The Morgan fingerprint density at radius 2 is 1.48 bits per heavy atom. The highest BCUT2D eigenvalue weighted by molar-refractivity contribution is 6.00. The summed E-state index contributed by atoms with van der Waals surface area (Å²) in [6.45, 7) is 9.66. The minimum absolute atomic E-state index is 0.0565. The molecule has 1 aromatic heterocycles. The lowest BCUT2D eigenvalue weighted by Crippen LogP contribution is -2.58. The Hall–Kier alpha value is -5.20. The molecule has 0 spiro atoms. The molecule has 2 aromatic carbocycles. The normalized spacial score (nSPS) is 13.6. The van der Waals surface area contributed by atoms with Gasteiger partial charge in [-0.15, -0.1) is 0 Å². The summed E-state index contributed by atoms with van der Waals surface area (Å²) in [5.74, 6) is -3.10. The van der Waals surface area contributed by atoms with Gasteiger partial charge in [0.1, 0.15) is 35.5 Å². The van der Waals surface area contributed by atoms with E-state index in [4.69, 9.17) is 4.42 Å². The number of hydrogen-bond acceptors (Lipinski definition) is 8. The van der Waals surface area contributed by atoms with Gasteiger partial charge in [-0.2, -0.15) is 0 Å². The standard InChI is InChI=1S/C33H41N5O8/c1-7-25(31(43)36-22-10-13-24-18(4)14-28(41)46-27(24)16-22)37-30(42)19(5)34-33(45)29(17(2)3)38-32(44)26(35-20(6)39)15-21-8-11-23(40)12-9-21/h8-14,16-17,19,25-26,29,40H,7,15H2,1-6H3,(H,34,45)(H,35,39)(H,36,43)(H,37,42)(H,38,44). The van der Waals surface area contributed by atoms with Crippen molar-refractivity contribution in [3.05, 3.63) is 70.1 Å². The number of nitrogens with one attached hydrogen (secondary N) is 5. The fourth-order valence-corrected chi connectivity index (χ4v) is 4.76. The number of fused-ring (bicyclic) bond motifs is 1. The molecular formula is C33H41N5O8. The van der Waals surface area contributed by atoms with Crippen molar-refractivity contribution in [2.75, 3.05) is 5.32 Å². The third-order valence-corrected chi connectivity index (χ3v) is 7.33. The maximum Gasteiger partial charge on any atom is 0.336 e. The summed E-state index contributed by atoms with van der Waals surface area (Å²) >= 11 is 0. The van der Waals surface area contributed by atoms with E-state index in [2.05, 4.69) is 26.6 Å². The van der Waals surface area contributed by atoms with E-state index < -0.39 is 59.3 Å². The van der Waals surface area contributed by atoms with Gasteiger partial charge in [0.25, 0.3) is 0 Å². The van der Waals surface area contributed by atoms with E-state index in [9.17, 15) is 33.9 Å². The van der Waals surface area contributed by atoms with E-state index in [0.717, 1.165) is 10.9 Å². The number of phenolic OH excluding ortho intramolecular Hbond substituents is 1. The molecule has 3 rings (SSSR count). The number of phenols is 1. The van der Waals surface area contributed by atoms with E-state index in [-0.39, 0.29) is 24.5 Å². The van der Waals surface area contributed by atoms with Crippen molar-refractivity contribution in [3.8, 4) is 5.75 Å². The molecule has 246 valence electrons. The minimum atomic E-state index is -1.06. The van der Waals surface area contributed by atoms with Crippen molar-refractivity contribution >= 4 is 46.2 Å². The van der Waals surface area contributed by atoms with Crippen LogP contribution in [0, 0.1) is 12.8 Å². The number of carbonyl (C=O) groups excluding carboxylic acids is 5. The summed E-state index contributed by atoms with van der Waals surface area (Å²) < 4.78 is 5.24. The molecule has 1 heterocycles. The van der Waals surface area contributed by atoms with Gasteiger partial charge in [-0.1, -0.05) is 32.9 Å². The van der Waals surface area contributed by atoms with Crippen molar-refractivity contribution in [1.29, 1.82) is 0 Å². The number of amides is 5. The molecule has 0 saturated carbocycles. The van der Waals surface area contributed by atoms with Gasteiger partial charge in [0.2, 0.25) is 29.5 Å². The van der Waals surface area contributed by atoms with Crippen LogP contribution in [0.4, 0.5) is 5.69 Å². The highest BCUT2D eigenvalue weighted by atomic mass is 16.4. The van der Waals surface area contributed by atoms with Gasteiger partial charge >= 0.3 is 5.63 Å². The Balaban J connectivity index is 1.63. The van der Waals surface area contributed by atoms with Gasteiger partial charge in [0.15, 0.2) is 0 Å². The van der Waals surface area contributed by atoms with E-state index in [1.807, 2.05) is 0 Å². The highest BCUT2D eigenvalue weighted by Gasteiger charge is 2.31. The molecule has 0 radical (unpaired) electrons. The lowest BCUT2D eigenvalue weighted by atomic mass is 10.0. The summed E-state index contributed by atoms with van der Waals surface area (Å²) in [5, 5.41) is 23.5.